The summed E-state index contributed by atoms with van der Waals surface area (Å²) in [5.74, 6) is 0. The summed E-state index contributed by atoms with van der Waals surface area (Å²) in [6.07, 6.45) is 8.23. The molecule has 0 bridgehead atoms. The number of hydrogen-bond acceptors (Lipinski definition) is 1. The van der Waals surface area contributed by atoms with Crippen LogP contribution in [0.15, 0.2) is 36.5 Å². The molecule has 0 atom stereocenters. The van der Waals surface area contributed by atoms with Gasteiger partial charge in [-0.3, -0.25) is 0 Å². The van der Waals surface area contributed by atoms with Crippen molar-refractivity contribution in [3.05, 3.63) is 36.5 Å². The molecule has 96 valence electrons. The van der Waals surface area contributed by atoms with E-state index in [4.69, 9.17) is 0 Å². The molecule has 0 aromatic carbocycles. The van der Waals surface area contributed by atoms with Gasteiger partial charge in [0.05, 0.1) is 5.60 Å². The van der Waals surface area contributed by atoms with E-state index in [2.05, 4.69) is 33.9 Å². The van der Waals surface area contributed by atoms with Gasteiger partial charge in [0.1, 0.15) is 0 Å². The Morgan fingerprint density at radius 3 is 2.29 bits per heavy atom. The van der Waals surface area contributed by atoms with Gasteiger partial charge in [-0.1, -0.05) is 31.6 Å². The summed E-state index contributed by atoms with van der Waals surface area (Å²) in [6, 6.07) is 0. The van der Waals surface area contributed by atoms with E-state index in [1.165, 1.54) is 17.6 Å². The fourth-order valence-corrected chi connectivity index (χ4v) is 2.88. The Labute approximate surface area is 106 Å². The summed E-state index contributed by atoms with van der Waals surface area (Å²) in [4.78, 5) is 0. The number of allylic oxidation sites excluding steroid dienone is 1. The lowest BCUT2D eigenvalue weighted by Gasteiger charge is -2.40. The van der Waals surface area contributed by atoms with E-state index < -0.39 is 5.60 Å². The van der Waals surface area contributed by atoms with Gasteiger partial charge in [0.15, 0.2) is 0 Å². The topological polar surface area (TPSA) is 20.2 Å². The van der Waals surface area contributed by atoms with E-state index in [0.29, 0.717) is 12.8 Å². The molecule has 0 aromatic rings. The Bertz CT molecular complexity index is 323. The van der Waals surface area contributed by atoms with Gasteiger partial charge in [0, 0.05) is 0 Å². The van der Waals surface area contributed by atoms with Crippen molar-refractivity contribution in [3.8, 4) is 0 Å². The summed E-state index contributed by atoms with van der Waals surface area (Å²) in [6.45, 7) is 14.2. The van der Waals surface area contributed by atoms with E-state index in [-0.39, 0.29) is 5.41 Å². The second-order valence-electron chi connectivity index (χ2n) is 5.86. The van der Waals surface area contributed by atoms with Crippen molar-refractivity contribution < 1.29 is 5.11 Å². The molecule has 1 rings (SSSR count). The summed E-state index contributed by atoms with van der Waals surface area (Å²) >= 11 is 0. The van der Waals surface area contributed by atoms with Gasteiger partial charge in [0.2, 0.25) is 0 Å². The Kier molecular flexibility index (Phi) is 4.37. The van der Waals surface area contributed by atoms with Crippen LogP contribution < -0.4 is 0 Å². The first-order valence-corrected chi connectivity index (χ1v) is 6.52. The molecular formula is C16H26O. The minimum absolute atomic E-state index is 0.212. The molecule has 17 heavy (non-hydrogen) atoms. The van der Waals surface area contributed by atoms with Crippen LogP contribution >= 0.6 is 0 Å². The predicted octanol–water partition coefficient (Wildman–Crippen LogP) is 4.40. The van der Waals surface area contributed by atoms with E-state index in [1.54, 1.807) is 0 Å². The maximum Gasteiger partial charge on any atom is 0.0927 e. The maximum atomic E-state index is 10.8. The fraction of sp³-hybridized carbons (Fsp3) is 0.625. The van der Waals surface area contributed by atoms with Crippen molar-refractivity contribution in [1.82, 2.24) is 0 Å². The van der Waals surface area contributed by atoms with E-state index in [0.717, 1.165) is 12.8 Å². The van der Waals surface area contributed by atoms with Gasteiger partial charge < -0.3 is 5.11 Å². The highest BCUT2D eigenvalue weighted by atomic mass is 16.3. The molecule has 0 aliphatic heterocycles. The normalized spacial score (nSPS) is 20.2. The molecule has 1 aliphatic carbocycles. The molecule has 0 amide bonds. The number of hydrogen-bond donors (Lipinski definition) is 1. The lowest BCUT2D eigenvalue weighted by molar-refractivity contribution is 0.0740. The average molecular weight is 234 g/mol. The highest BCUT2D eigenvalue weighted by Crippen LogP contribution is 2.45. The van der Waals surface area contributed by atoms with Crippen molar-refractivity contribution in [3.63, 3.8) is 0 Å². The first-order chi connectivity index (χ1) is 7.87. The van der Waals surface area contributed by atoms with Gasteiger partial charge in [-0.2, -0.15) is 0 Å². The van der Waals surface area contributed by atoms with Crippen molar-refractivity contribution >= 4 is 0 Å². The lowest BCUT2D eigenvalue weighted by Crippen LogP contribution is -2.35. The molecule has 1 heteroatoms. The van der Waals surface area contributed by atoms with Gasteiger partial charge in [0.25, 0.3) is 0 Å². The van der Waals surface area contributed by atoms with Crippen LogP contribution in [0.5, 0.6) is 0 Å². The maximum absolute atomic E-state index is 10.8. The fourth-order valence-electron chi connectivity index (χ4n) is 2.88. The molecule has 0 saturated carbocycles. The van der Waals surface area contributed by atoms with Crippen LogP contribution in [-0.4, -0.2) is 10.7 Å². The smallest absolute Gasteiger partial charge is 0.0927 e. The van der Waals surface area contributed by atoms with Crippen molar-refractivity contribution in [1.29, 1.82) is 0 Å². The van der Waals surface area contributed by atoms with Crippen LogP contribution in [0.3, 0.4) is 0 Å². The van der Waals surface area contributed by atoms with Crippen LogP contribution in [0.25, 0.3) is 0 Å². The Morgan fingerprint density at radius 1 is 1.29 bits per heavy atom. The second-order valence-corrected chi connectivity index (χ2v) is 5.86. The minimum atomic E-state index is -0.759. The molecular weight excluding hydrogens is 208 g/mol. The Balaban J connectivity index is 3.17. The van der Waals surface area contributed by atoms with Crippen molar-refractivity contribution in [2.45, 2.75) is 58.5 Å². The van der Waals surface area contributed by atoms with Crippen molar-refractivity contribution in [2.24, 2.45) is 5.41 Å². The number of rotatable bonds is 5. The van der Waals surface area contributed by atoms with Crippen LogP contribution in [0.1, 0.15) is 52.9 Å². The molecule has 0 unspecified atom stereocenters. The van der Waals surface area contributed by atoms with Crippen molar-refractivity contribution in [2.75, 3.05) is 0 Å². The summed E-state index contributed by atoms with van der Waals surface area (Å²) in [5.41, 5.74) is 2.03. The zero-order chi connectivity index (χ0) is 13.1. The molecule has 0 heterocycles. The molecule has 0 fully saturated rings. The average Bonchev–Trinajstić information content (AvgIpc) is 2.22. The Morgan fingerprint density at radius 2 is 1.82 bits per heavy atom. The summed E-state index contributed by atoms with van der Waals surface area (Å²) in [5, 5.41) is 10.8. The molecule has 1 nitrogen and oxygen atoms in total. The molecule has 1 N–H and O–H groups in total. The largest absolute Gasteiger partial charge is 0.385 e. The van der Waals surface area contributed by atoms with E-state index in [9.17, 15) is 5.11 Å². The summed E-state index contributed by atoms with van der Waals surface area (Å²) in [7, 11) is 0. The molecule has 0 spiro atoms. The van der Waals surface area contributed by atoms with E-state index in [1.807, 2.05) is 12.2 Å². The van der Waals surface area contributed by atoms with Gasteiger partial charge in [-0.15, -0.1) is 13.2 Å². The molecule has 0 radical (unpaired) electrons. The highest BCUT2D eigenvalue weighted by Gasteiger charge is 2.36. The molecule has 1 aliphatic rings. The quantitative estimate of drug-likeness (QED) is 0.699. The van der Waals surface area contributed by atoms with Crippen LogP contribution in [0.4, 0.5) is 0 Å². The van der Waals surface area contributed by atoms with Crippen LogP contribution in [0.2, 0.25) is 0 Å². The monoisotopic (exact) mass is 234 g/mol. The molecule has 0 aromatic heterocycles. The van der Waals surface area contributed by atoms with Gasteiger partial charge in [-0.25, -0.2) is 0 Å². The first-order valence-electron chi connectivity index (χ1n) is 6.52. The molecule has 0 saturated heterocycles. The lowest BCUT2D eigenvalue weighted by atomic mass is 9.68. The standard InChI is InChI=1S/C16H26O/c1-6-10-16(17,11-7-2)14-9-8-12-15(4,5)13(14)3/h6-7,17H,1-2,8-12H2,3-5H3. The van der Waals surface area contributed by atoms with Gasteiger partial charge >= 0.3 is 0 Å². The highest BCUT2D eigenvalue weighted by molar-refractivity contribution is 5.31. The van der Waals surface area contributed by atoms with Crippen LogP contribution in [0, 0.1) is 5.41 Å². The Hall–Kier alpha value is -0.820. The summed E-state index contributed by atoms with van der Waals surface area (Å²) < 4.78 is 0. The zero-order valence-electron chi connectivity index (χ0n) is 11.6. The zero-order valence-corrected chi connectivity index (χ0v) is 11.6. The number of aliphatic hydroxyl groups is 1. The SMILES string of the molecule is C=CCC(O)(CC=C)C1=C(C)C(C)(C)CCC1. The third-order valence-electron chi connectivity index (χ3n) is 4.22. The minimum Gasteiger partial charge on any atom is -0.385 e. The van der Waals surface area contributed by atoms with E-state index >= 15 is 0 Å². The third kappa shape index (κ3) is 2.90. The van der Waals surface area contributed by atoms with Gasteiger partial charge in [-0.05, 0) is 50.0 Å². The predicted molar refractivity (Wildman–Crippen MR) is 74.9 cm³/mol. The van der Waals surface area contributed by atoms with Crippen LogP contribution in [-0.2, 0) is 0 Å². The first kappa shape index (κ1) is 14.2. The third-order valence-corrected chi connectivity index (χ3v) is 4.22. The second kappa shape index (κ2) is 5.22.